The largest absolute Gasteiger partial charge is 0.462 e. The molecule has 0 aromatic rings. The van der Waals surface area contributed by atoms with Gasteiger partial charge in [-0.1, -0.05) is 386 Å². The van der Waals surface area contributed by atoms with Gasteiger partial charge in [-0.3, -0.25) is 9.59 Å². The first-order valence-corrected chi connectivity index (χ1v) is 38.4. The number of carbonyl (C=O) groups excluding carboxylic acids is 2. The highest BCUT2D eigenvalue weighted by Gasteiger charge is 2.16. The molecule has 0 aliphatic rings. The lowest BCUT2D eigenvalue weighted by Crippen LogP contribution is -2.28. The Bertz CT molecular complexity index is 1670. The molecule has 0 aromatic heterocycles. The average Bonchev–Trinajstić information content (AvgIpc) is 3.55. The molecule has 0 aliphatic carbocycles. The molecule has 0 aliphatic heterocycles. The Labute approximate surface area is 548 Å². The maximum Gasteiger partial charge on any atom is 0.306 e. The molecule has 0 saturated carbocycles. The van der Waals surface area contributed by atoms with Crippen molar-refractivity contribution in [3.63, 3.8) is 0 Å². The summed E-state index contributed by atoms with van der Waals surface area (Å²) in [7, 11) is 0. The van der Waals surface area contributed by atoms with Gasteiger partial charge in [0.2, 0.25) is 0 Å². The van der Waals surface area contributed by atoms with Crippen molar-refractivity contribution < 1.29 is 24.2 Å². The van der Waals surface area contributed by atoms with Gasteiger partial charge >= 0.3 is 11.9 Å². The Morgan fingerprint density at radius 1 is 0.261 bits per heavy atom. The minimum absolute atomic E-state index is 0.0628. The molecule has 0 rings (SSSR count). The molecule has 88 heavy (non-hydrogen) atoms. The molecular weight excluding hydrogens is 1080 g/mol. The molecule has 508 valence electrons. The minimum atomic E-state index is -0.774. The van der Waals surface area contributed by atoms with Gasteiger partial charge in [0.05, 0.1) is 6.61 Å². The molecule has 5 nitrogen and oxygen atoms in total. The zero-order valence-electron chi connectivity index (χ0n) is 58.5. The average molecular weight is 1220 g/mol. The first kappa shape index (κ1) is 84.6. The number of hydrogen-bond acceptors (Lipinski definition) is 5. The van der Waals surface area contributed by atoms with Gasteiger partial charge in [0.25, 0.3) is 0 Å². The Morgan fingerprint density at radius 3 is 0.682 bits per heavy atom. The molecule has 0 aromatic carbocycles. The van der Waals surface area contributed by atoms with Crippen LogP contribution in [0.2, 0.25) is 0 Å². The molecule has 0 amide bonds. The second-order valence-electron chi connectivity index (χ2n) is 25.7. The summed E-state index contributed by atoms with van der Waals surface area (Å²) < 4.78 is 10.8. The Hall–Kier alpha value is -3.44. The van der Waals surface area contributed by atoms with Crippen LogP contribution in [0, 0.1) is 0 Å². The van der Waals surface area contributed by atoms with Crippen LogP contribution in [0.5, 0.6) is 0 Å². The van der Waals surface area contributed by atoms with E-state index in [2.05, 4.69) is 123 Å². The normalized spacial score (nSPS) is 12.8. The van der Waals surface area contributed by atoms with Crippen molar-refractivity contribution in [1.29, 1.82) is 0 Å². The SMILES string of the molecule is CC/C=C\C/C=C\C/C=C\C/C=C\C/C=C\CCCCCCCCCCCCCCCCCCCCCCCC(=O)OC(CO)COC(=O)CCCCCCCCCCCCCCCCCCCCCCCCCC/C=C\C/C=C\C/C=C\C/C=C\CC. The quantitative estimate of drug-likeness (QED) is 0.0373. The number of esters is 2. The van der Waals surface area contributed by atoms with E-state index in [-0.39, 0.29) is 25.2 Å². The van der Waals surface area contributed by atoms with Crippen LogP contribution in [0.15, 0.2) is 109 Å². The van der Waals surface area contributed by atoms with Crippen LogP contribution in [0.3, 0.4) is 0 Å². The van der Waals surface area contributed by atoms with Gasteiger partial charge < -0.3 is 14.6 Å². The molecule has 0 radical (unpaired) electrons. The maximum absolute atomic E-state index is 12.4. The summed E-state index contributed by atoms with van der Waals surface area (Å²) in [5, 5.41) is 9.73. The Morgan fingerprint density at radius 2 is 0.455 bits per heavy atom. The van der Waals surface area contributed by atoms with Crippen LogP contribution >= 0.6 is 0 Å². The number of hydrogen-bond donors (Lipinski definition) is 1. The number of aliphatic hydroxyl groups is 1. The molecule has 1 N–H and O–H groups in total. The highest BCUT2D eigenvalue weighted by atomic mass is 16.6. The summed E-state index contributed by atoms with van der Waals surface area (Å²) in [6.07, 6.45) is 113. The van der Waals surface area contributed by atoms with Crippen LogP contribution in [0.4, 0.5) is 0 Å². The van der Waals surface area contributed by atoms with E-state index in [1.54, 1.807) is 0 Å². The molecule has 0 bridgehead atoms. The maximum atomic E-state index is 12.4. The summed E-state index contributed by atoms with van der Waals surface area (Å²) in [6.45, 7) is 3.96. The van der Waals surface area contributed by atoms with E-state index in [0.717, 1.165) is 96.3 Å². The fraction of sp³-hybridized carbons (Fsp3) is 0.759. The number of allylic oxidation sites excluding steroid dienone is 18. The molecule has 1 atom stereocenters. The van der Waals surface area contributed by atoms with Crippen LogP contribution in [0.25, 0.3) is 0 Å². The molecule has 0 saturated heterocycles. The second kappa shape index (κ2) is 77.8. The van der Waals surface area contributed by atoms with Crippen LogP contribution in [0.1, 0.15) is 386 Å². The van der Waals surface area contributed by atoms with Gasteiger partial charge in [-0.2, -0.15) is 0 Å². The lowest BCUT2D eigenvalue weighted by atomic mass is 10.0. The molecular formula is C83H146O5. The van der Waals surface area contributed by atoms with Gasteiger partial charge in [0.1, 0.15) is 6.61 Å². The van der Waals surface area contributed by atoms with Crippen LogP contribution < -0.4 is 0 Å². The Balaban J connectivity index is 3.40. The zero-order valence-corrected chi connectivity index (χ0v) is 58.5. The number of rotatable bonds is 71. The lowest BCUT2D eigenvalue weighted by molar-refractivity contribution is -0.161. The molecule has 0 spiro atoms. The Kier molecular flexibility index (Phi) is 74.8. The third kappa shape index (κ3) is 75.0. The molecule has 0 fully saturated rings. The summed E-state index contributed by atoms with van der Waals surface area (Å²) in [5.41, 5.74) is 0. The molecule has 1 unspecified atom stereocenters. The fourth-order valence-corrected chi connectivity index (χ4v) is 11.4. The second-order valence-corrected chi connectivity index (χ2v) is 25.7. The summed E-state index contributed by atoms with van der Waals surface area (Å²) >= 11 is 0. The summed E-state index contributed by atoms with van der Waals surface area (Å²) in [5.74, 6) is -0.571. The van der Waals surface area contributed by atoms with E-state index >= 15 is 0 Å². The monoisotopic (exact) mass is 1220 g/mol. The van der Waals surface area contributed by atoms with Gasteiger partial charge in [-0.25, -0.2) is 0 Å². The molecule has 0 heterocycles. The first-order chi connectivity index (χ1) is 43.6. The van der Waals surface area contributed by atoms with Gasteiger partial charge in [-0.05, 0) is 96.3 Å². The topological polar surface area (TPSA) is 72.8 Å². The van der Waals surface area contributed by atoms with E-state index in [1.165, 1.54) is 263 Å². The van der Waals surface area contributed by atoms with Gasteiger partial charge in [0.15, 0.2) is 6.10 Å². The predicted molar refractivity (Wildman–Crippen MR) is 389 cm³/mol. The van der Waals surface area contributed by atoms with Crippen molar-refractivity contribution >= 4 is 11.9 Å². The highest BCUT2D eigenvalue weighted by Crippen LogP contribution is 2.19. The van der Waals surface area contributed by atoms with Crippen molar-refractivity contribution in [3.05, 3.63) is 109 Å². The van der Waals surface area contributed by atoms with E-state index in [1.807, 2.05) is 0 Å². The predicted octanol–water partition coefficient (Wildman–Crippen LogP) is 27.1. The van der Waals surface area contributed by atoms with Crippen molar-refractivity contribution in [2.45, 2.75) is 392 Å². The van der Waals surface area contributed by atoms with Gasteiger partial charge in [0, 0.05) is 12.8 Å². The minimum Gasteiger partial charge on any atom is -0.462 e. The zero-order chi connectivity index (χ0) is 63.3. The molecule has 5 heteroatoms. The number of aliphatic hydroxyl groups excluding tert-OH is 1. The van der Waals surface area contributed by atoms with Crippen LogP contribution in [-0.4, -0.2) is 36.4 Å². The smallest absolute Gasteiger partial charge is 0.306 e. The van der Waals surface area contributed by atoms with E-state index < -0.39 is 6.10 Å². The first-order valence-electron chi connectivity index (χ1n) is 38.4. The fourth-order valence-electron chi connectivity index (χ4n) is 11.4. The number of unbranched alkanes of at least 4 members (excludes halogenated alkanes) is 45. The third-order valence-electron chi connectivity index (χ3n) is 17.1. The van der Waals surface area contributed by atoms with Crippen LogP contribution in [-0.2, 0) is 19.1 Å². The summed E-state index contributed by atoms with van der Waals surface area (Å²) in [4.78, 5) is 24.7. The standard InChI is InChI=1S/C83H146O5/c1-3-5-7-9-11-13-15-17-19-21-23-25-27-29-31-33-35-37-39-41-43-45-47-49-51-53-55-57-59-61-63-65-67-69-71-73-75-77-82(85)87-80-81(79-84)88-83(86)78-76-74-72-70-68-66-64-62-60-58-56-54-52-50-48-46-44-42-40-38-36-34-32-30-28-26-24-22-20-18-16-14-12-10-8-6-4-2/h5-8,11-14,17-20,23-26,30,32,81,84H,3-4,9-10,15-16,21-22,27-29,31,33-80H2,1-2H3/b7-5-,8-6-,13-11-,14-12-,19-17-,20-18-,25-23-,26-24-,32-30-. The lowest BCUT2D eigenvalue weighted by Gasteiger charge is -2.15. The van der Waals surface area contributed by atoms with Crippen molar-refractivity contribution in [2.75, 3.05) is 13.2 Å². The number of carbonyl (C=O) groups is 2. The van der Waals surface area contributed by atoms with Crippen molar-refractivity contribution in [2.24, 2.45) is 0 Å². The third-order valence-corrected chi connectivity index (χ3v) is 17.1. The summed E-state index contributed by atoms with van der Waals surface area (Å²) in [6, 6.07) is 0. The van der Waals surface area contributed by atoms with E-state index in [4.69, 9.17) is 9.47 Å². The van der Waals surface area contributed by atoms with E-state index in [9.17, 15) is 14.7 Å². The number of ether oxygens (including phenoxy) is 2. The van der Waals surface area contributed by atoms with E-state index in [0.29, 0.717) is 12.8 Å². The van der Waals surface area contributed by atoms with Crippen molar-refractivity contribution in [3.8, 4) is 0 Å². The van der Waals surface area contributed by atoms with Crippen molar-refractivity contribution in [1.82, 2.24) is 0 Å². The highest BCUT2D eigenvalue weighted by molar-refractivity contribution is 5.70. The van der Waals surface area contributed by atoms with Gasteiger partial charge in [-0.15, -0.1) is 0 Å².